The summed E-state index contributed by atoms with van der Waals surface area (Å²) in [7, 11) is 0. The summed E-state index contributed by atoms with van der Waals surface area (Å²) in [6.45, 7) is 2.00. The predicted octanol–water partition coefficient (Wildman–Crippen LogP) is 3.11. The van der Waals surface area contributed by atoms with Crippen LogP contribution in [-0.4, -0.2) is 48.5 Å². The zero-order valence-corrected chi connectivity index (χ0v) is 15.1. The van der Waals surface area contributed by atoms with Gasteiger partial charge in [0.05, 0.1) is 11.0 Å². The molecule has 1 aliphatic rings. The average Bonchev–Trinajstić information content (AvgIpc) is 2.66. The van der Waals surface area contributed by atoms with Crippen LogP contribution >= 0.6 is 11.6 Å². The first kappa shape index (κ1) is 18.9. The van der Waals surface area contributed by atoms with Gasteiger partial charge in [0.1, 0.15) is 0 Å². The lowest BCUT2D eigenvalue weighted by Gasteiger charge is -2.36. The minimum atomic E-state index is -0.872. The molecule has 7 nitrogen and oxygen atoms in total. The van der Waals surface area contributed by atoms with Crippen molar-refractivity contribution in [3.05, 3.63) is 63.4 Å². The highest BCUT2D eigenvalue weighted by Gasteiger charge is 2.22. The number of amides is 1. The van der Waals surface area contributed by atoms with Gasteiger partial charge in [-0.15, -0.1) is 0 Å². The molecule has 0 unspecified atom stereocenters. The number of nitro groups is 1. The Morgan fingerprint density at radius 2 is 1.93 bits per heavy atom. The summed E-state index contributed by atoms with van der Waals surface area (Å²) in [5, 5.41) is 11.3. The minimum absolute atomic E-state index is 0.188. The molecule has 0 N–H and O–H groups in total. The van der Waals surface area contributed by atoms with Crippen molar-refractivity contribution in [2.75, 3.05) is 37.7 Å². The Bertz CT molecular complexity index is 856. The number of carbonyl (C=O) groups excluding carboxylic acids is 1. The lowest BCUT2D eigenvalue weighted by Crippen LogP contribution is -2.50. The number of carbonyl (C=O) groups is 1. The molecule has 1 fully saturated rings. The van der Waals surface area contributed by atoms with E-state index in [2.05, 4.69) is 4.90 Å². The molecule has 0 aliphatic carbocycles. The van der Waals surface area contributed by atoms with Crippen LogP contribution in [-0.2, 0) is 4.79 Å². The Hall–Kier alpha value is -2.87. The van der Waals surface area contributed by atoms with Crippen LogP contribution in [0.4, 0.5) is 15.8 Å². The third kappa shape index (κ3) is 4.65. The Kier molecular flexibility index (Phi) is 5.75. The first-order chi connectivity index (χ1) is 12.9. The molecule has 1 saturated heterocycles. The van der Waals surface area contributed by atoms with Crippen LogP contribution in [0.1, 0.15) is 0 Å². The quantitative estimate of drug-likeness (QED) is 0.576. The Labute approximate surface area is 160 Å². The number of halogens is 2. The van der Waals surface area contributed by atoms with Crippen molar-refractivity contribution in [1.82, 2.24) is 4.90 Å². The zero-order valence-electron chi connectivity index (χ0n) is 14.3. The zero-order chi connectivity index (χ0) is 19.4. The van der Waals surface area contributed by atoms with E-state index in [-0.39, 0.29) is 24.0 Å². The molecule has 0 aromatic heterocycles. The standard InChI is InChI=1S/C18H17ClFN3O4/c19-13-2-1-3-14(10-13)21-6-8-22(9-7-21)18(24)12-27-17-5-4-15(23(25)26)11-16(17)20/h1-5,10-11H,6-9,12H2. The van der Waals surface area contributed by atoms with Crippen LogP contribution in [0.3, 0.4) is 0 Å². The summed E-state index contributed by atoms with van der Waals surface area (Å²) in [6, 6.07) is 10.6. The van der Waals surface area contributed by atoms with E-state index in [0.717, 1.165) is 23.9 Å². The van der Waals surface area contributed by atoms with Crippen LogP contribution in [0.2, 0.25) is 5.02 Å². The van der Waals surface area contributed by atoms with Gasteiger partial charge in [0, 0.05) is 43.0 Å². The van der Waals surface area contributed by atoms with Crippen molar-refractivity contribution in [2.45, 2.75) is 0 Å². The van der Waals surface area contributed by atoms with Crippen LogP contribution in [0, 0.1) is 15.9 Å². The molecule has 1 heterocycles. The monoisotopic (exact) mass is 393 g/mol. The van der Waals surface area contributed by atoms with E-state index in [9.17, 15) is 19.3 Å². The van der Waals surface area contributed by atoms with Crippen molar-refractivity contribution in [3.63, 3.8) is 0 Å². The Morgan fingerprint density at radius 1 is 1.19 bits per heavy atom. The molecule has 142 valence electrons. The number of non-ortho nitro benzene ring substituents is 1. The summed E-state index contributed by atoms with van der Waals surface area (Å²) >= 11 is 6.01. The van der Waals surface area contributed by atoms with E-state index in [1.165, 1.54) is 0 Å². The van der Waals surface area contributed by atoms with Crippen molar-refractivity contribution < 1.29 is 18.8 Å². The largest absolute Gasteiger partial charge is 0.481 e. The number of ether oxygens (including phenoxy) is 1. The average molecular weight is 394 g/mol. The molecule has 2 aromatic carbocycles. The van der Waals surface area contributed by atoms with Gasteiger partial charge in [-0.25, -0.2) is 4.39 Å². The SMILES string of the molecule is O=C(COc1ccc([N+](=O)[O-])cc1F)N1CCN(c2cccc(Cl)c2)CC1. The highest BCUT2D eigenvalue weighted by Crippen LogP contribution is 2.23. The molecule has 0 radical (unpaired) electrons. The van der Waals surface area contributed by atoms with Gasteiger partial charge in [-0.05, 0) is 24.3 Å². The van der Waals surface area contributed by atoms with Gasteiger partial charge in [0.15, 0.2) is 18.2 Å². The Balaban J connectivity index is 1.52. The summed E-state index contributed by atoms with van der Waals surface area (Å²) < 4.78 is 19.0. The minimum Gasteiger partial charge on any atom is -0.481 e. The number of piperazine rings is 1. The molecule has 0 bridgehead atoms. The summed E-state index contributed by atoms with van der Waals surface area (Å²) in [4.78, 5) is 26.0. The maximum Gasteiger partial charge on any atom is 0.272 e. The molecule has 1 aliphatic heterocycles. The molecule has 1 amide bonds. The number of benzene rings is 2. The van der Waals surface area contributed by atoms with Crippen LogP contribution in [0.25, 0.3) is 0 Å². The maximum atomic E-state index is 13.8. The van der Waals surface area contributed by atoms with Crippen molar-refractivity contribution in [1.29, 1.82) is 0 Å². The normalized spacial score (nSPS) is 14.1. The molecule has 0 spiro atoms. The van der Waals surface area contributed by atoms with Gasteiger partial charge >= 0.3 is 0 Å². The predicted molar refractivity (Wildman–Crippen MR) is 98.8 cm³/mol. The second kappa shape index (κ2) is 8.22. The van der Waals surface area contributed by atoms with E-state index < -0.39 is 10.7 Å². The van der Waals surface area contributed by atoms with Gasteiger partial charge in [-0.3, -0.25) is 14.9 Å². The highest BCUT2D eigenvalue weighted by molar-refractivity contribution is 6.30. The van der Waals surface area contributed by atoms with E-state index in [4.69, 9.17) is 16.3 Å². The summed E-state index contributed by atoms with van der Waals surface area (Å²) in [5.74, 6) is -1.33. The number of hydrogen-bond acceptors (Lipinski definition) is 5. The van der Waals surface area contributed by atoms with Gasteiger partial charge in [0.25, 0.3) is 11.6 Å². The van der Waals surface area contributed by atoms with Crippen LogP contribution < -0.4 is 9.64 Å². The number of anilines is 1. The summed E-state index contributed by atoms with van der Waals surface area (Å²) in [6.07, 6.45) is 0. The lowest BCUT2D eigenvalue weighted by atomic mass is 10.2. The van der Waals surface area contributed by atoms with E-state index >= 15 is 0 Å². The van der Waals surface area contributed by atoms with Gasteiger partial charge in [-0.2, -0.15) is 0 Å². The highest BCUT2D eigenvalue weighted by atomic mass is 35.5. The maximum absolute atomic E-state index is 13.8. The molecule has 0 atom stereocenters. The van der Waals surface area contributed by atoms with Gasteiger partial charge < -0.3 is 14.5 Å². The summed E-state index contributed by atoms with van der Waals surface area (Å²) in [5.41, 5.74) is 0.627. The molecule has 3 rings (SSSR count). The topological polar surface area (TPSA) is 75.9 Å². The van der Waals surface area contributed by atoms with Crippen molar-refractivity contribution in [3.8, 4) is 5.75 Å². The van der Waals surface area contributed by atoms with E-state index in [1.54, 1.807) is 11.0 Å². The molecule has 2 aromatic rings. The molecular formula is C18H17ClFN3O4. The number of nitro benzene ring substituents is 1. The molecular weight excluding hydrogens is 377 g/mol. The van der Waals surface area contributed by atoms with Crippen molar-refractivity contribution >= 4 is 28.9 Å². The third-order valence-electron chi connectivity index (χ3n) is 4.28. The first-order valence-electron chi connectivity index (χ1n) is 8.29. The fourth-order valence-electron chi connectivity index (χ4n) is 2.84. The molecule has 27 heavy (non-hydrogen) atoms. The number of rotatable bonds is 5. The fourth-order valence-corrected chi connectivity index (χ4v) is 3.02. The lowest BCUT2D eigenvalue weighted by molar-refractivity contribution is -0.385. The Morgan fingerprint density at radius 3 is 2.56 bits per heavy atom. The van der Waals surface area contributed by atoms with Crippen LogP contribution in [0.5, 0.6) is 5.75 Å². The van der Waals surface area contributed by atoms with E-state index in [1.807, 2.05) is 18.2 Å². The molecule has 9 heteroatoms. The van der Waals surface area contributed by atoms with Gasteiger partial charge in [0.2, 0.25) is 0 Å². The number of nitrogens with zero attached hydrogens (tertiary/aromatic N) is 3. The van der Waals surface area contributed by atoms with Crippen molar-refractivity contribution in [2.24, 2.45) is 0 Å². The smallest absolute Gasteiger partial charge is 0.272 e. The first-order valence-corrected chi connectivity index (χ1v) is 8.67. The van der Waals surface area contributed by atoms with E-state index in [0.29, 0.717) is 31.2 Å². The number of hydrogen-bond donors (Lipinski definition) is 0. The third-order valence-corrected chi connectivity index (χ3v) is 4.52. The van der Waals surface area contributed by atoms with Gasteiger partial charge in [-0.1, -0.05) is 17.7 Å². The fraction of sp³-hybridized carbons (Fsp3) is 0.278. The molecule has 0 saturated carbocycles. The van der Waals surface area contributed by atoms with Crippen LogP contribution in [0.15, 0.2) is 42.5 Å². The second-order valence-electron chi connectivity index (χ2n) is 6.01. The second-order valence-corrected chi connectivity index (χ2v) is 6.44.